The fourth-order valence-electron chi connectivity index (χ4n) is 2.02. The van der Waals surface area contributed by atoms with Crippen LogP contribution in [0, 0.1) is 23.0 Å². The molecular formula is C14H16N4O3. The van der Waals surface area contributed by atoms with Crippen molar-refractivity contribution in [1.29, 1.82) is 0 Å². The summed E-state index contributed by atoms with van der Waals surface area (Å²) in [7, 11) is 0. The Balaban J connectivity index is 2.42. The number of non-ortho nitro benzene ring substituents is 1. The fourth-order valence-corrected chi connectivity index (χ4v) is 2.02. The van der Waals surface area contributed by atoms with E-state index in [1.165, 1.54) is 6.07 Å². The highest BCUT2D eigenvalue weighted by molar-refractivity contribution is 6.03. The maximum absolute atomic E-state index is 12.1. The lowest BCUT2D eigenvalue weighted by atomic mass is 10.1. The summed E-state index contributed by atoms with van der Waals surface area (Å²) in [5.74, 6) is -0.204. The lowest BCUT2D eigenvalue weighted by Gasteiger charge is -1.99. The second-order valence-electron chi connectivity index (χ2n) is 5.04. The summed E-state index contributed by atoms with van der Waals surface area (Å²) in [5.41, 5.74) is 3.64. The number of nitro benzene ring substituents is 1. The van der Waals surface area contributed by atoms with Gasteiger partial charge < -0.3 is 4.98 Å². The van der Waals surface area contributed by atoms with Crippen LogP contribution in [0.15, 0.2) is 23.3 Å². The second-order valence-corrected chi connectivity index (χ2v) is 5.04. The van der Waals surface area contributed by atoms with E-state index in [1.807, 2.05) is 13.8 Å². The number of rotatable bonds is 4. The summed E-state index contributed by atoms with van der Waals surface area (Å²) in [6.07, 6.45) is 1.61. The van der Waals surface area contributed by atoms with E-state index in [9.17, 15) is 14.9 Å². The Kier molecular flexibility index (Phi) is 4.02. The number of aryl methyl sites for hydroxylation is 1. The van der Waals surface area contributed by atoms with Gasteiger partial charge in [-0.15, -0.1) is 0 Å². The zero-order valence-corrected chi connectivity index (χ0v) is 12.0. The second kappa shape index (κ2) is 5.74. The highest BCUT2D eigenvalue weighted by Gasteiger charge is 2.20. The number of hydrazone groups is 1. The largest absolute Gasteiger partial charge is 0.345 e. The number of para-hydroxylation sites is 1. The summed E-state index contributed by atoms with van der Waals surface area (Å²) in [6, 6.07) is 4.74. The average molecular weight is 288 g/mol. The van der Waals surface area contributed by atoms with Gasteiger partial charge >= 0.3 is 0 Å². The maximum Gasteiger partial charge on any atom is 0.293 e. The summed E-state index contributed by atoms with van der Waals surface area (Å²) >= 11 is 0. The molecule has 1 aromatic carbocycles. The molecule has 0 aliphatic heterocycles. The molecule has 0 unspecified atom stereocenters. The minimum absolute atomic E-state index is 0.0552. The highest BCUT2D eigenvalue weighted by atomic mass is 16.6. The Morgan fingerprint density at radius 2 is 2.19 bits per heavy atom. The van der Waals surface area contributed by atoms with Gasteiger partial charge in [-0.3, -0.25) is 14.9 Å². The van der Waals surface area contributed by atoms with Crippen LogP contribution in [0.1, 0.15) is 29.9 Å². The van der Waals surface area contributed by atoms with Crippen molar-refractivity contribution in [3.63, 3.8) is 0 Å². The van der Waals surface area contributed by atoms with Crippen LogP contribution in [0.3, 0.4) is 0 Å². The van der Waals surface area contributed by atoms with Crippen molar-refractivity contribution in [2.24, 2.45) is 11.0 Å². The van der Waals surface area contributed by atoms with Crippen molar-refractivity contribution in [3.05, 3.63) is 39.6 Å². The number of hydrogen-bond donors (Lipinski definition) is 2. The number of nitrogens with one attached hydrogen (secondary N) is 2. The van der Waals surface area contributed by atoms with Crippen LogP contribution in [0.2, 0.25) is 0 Å². The highest BCUT2D eigenvalue weighted by Crippen LogP contribution is 2.29. The van der Waals surface area contributed by atoms with Crippen molar-refractivity contribution in [2.75, 3.05) is 0 Å². The zero-order valence-electron chi connectivity index (χ0n) is 12.0. The minimum Gasteiger partial charge on any atom is -0.345 e. The molecule has 0 saturated heterocycles. The molecule has 0 spiro atoms. The van der Waals surface area contributed by atoms with E-state index in [-0.39, 0.29) is 17.3 Å². The number of carbonyl (C=O) groups is 1. The van der Waals surface area contributed by atoms with Gasteiger partial charge in [-0.25, -0.2) is 5.43 Å². The number of hydrogen-bond acceptors (Lipinski definition) is 4. The molecule has 0 fully saturated rings. The number of nitrogens with zero attached hydrogens (tertiary/aromatic N) is 2. The molecule has 2 aromatic rings. The standard InChI is InChI=1S/C14H16N4O3/c1-8(2)7-15-17-14(19)12-9(3)10-5-4-6-11(18(20)21)13(10)16-12/h4-8,16H,1-3H3,(H,17,19)/b15-7-. The predicted octanol–water partition coefficient (Wildman–Crippen LogP) is 2.76. The van der Waals surface area contributed by atoms with Crippen LogP contribution in [0.5, 0.6) is 0 Å². The zero-order chi connectivity index (χ0) is 15.6. The van der Waals surface area contributed by atoms with E-state index in [2.05, 4.69) is 15.5 Å². The van der Waals surface area contributed by atoms with E-state index in [0.29, 0.717) is 16.5 Å². The lowest BCUT2D eigenvalue weighted by molar-refractivity contribution is -0.383. The molecule has 2 rings (SSSR count). The molecule has 1 amide bonds. The van der Waals surface area contributed by atoms with Crippen molar-refractivity contribution in [1.82, 2.24) is 10.4 Å². The first-order valence-corrected chi connectivity index (χ1v) is 6.51. The van der Waals surface area contributed by atoms with E-state index in [0.717, 1.165) is 0 Å². The third-order valence-corrected chi connectivity index (χ3v) is 3.03. The van der Waals surface area contributed by atoms with Gasteiger partial charge in [0.15, 0.2) is 0 Å². The van der Waals surface area contributed by atoms with Crippen molar-refractivity contribution < 1.29 is 9.72 Å². The average Bonchev–Trinajstić information content (AvgIpc) is 2.75. The van der Waals surface area contributed by atoms with E-state index < -0.39 is 10.8 Å². The van der Waals surface area contributed by atoms with Crippen LogP contribution in [-0.2, 0) is 0 Å². The number of carbonyl (C=O) groups excluding carboxylic acids is 1. The third kappa shape index (κ3) is 2.91. The minimum atomic E-state index is -0.475. The van der Waals surface area contributed by atoms with Crippen LogP contribution < -0.4 is 5.43 Å². The Labute approximate surface area is 121 Å². The number of benzene rings is 1. The first kappa shape index (κ1) is 14.7. The smallest absolute Gasteiger partial charge is 0.293 e. The lowest BCUT2D eigenvalue weighted by Crippen LogP contribution is -2.19. The molecule has 0 aliphatic rings. The molecule has 21 heavy (non-hydrogen) atoms. The van der Waals surface area contributed by atoms with Gasteiger partial charge in [0.1, 0.15) is 11.2 Å². The molecule has 0 aliphatic carbocycles. The first-order valence-electron chi connectivity index (χ1n) is 6.51. The molecule has 110 valence electrons. The van der Waals surface area contributed by atoms with E-state index in [4.69, 9.17) is 0 Å². The van der Waals surface area contributed by atoms with Crippen molar-refractivity contribution in [3.8, 4) is 0 Å². The third-order valence-electron chi connectivity index (χ3n) is 3.03. The molecular weight excluding hydrogens is 272 g/mol. The number of aromatic nitrogens is 1. The topological polar surface area (TPSA) is 100 Å². The number of amides is 1. The van der Waals surface area contributed by atoms with Crippen molar-refractivity contribution in [2.45, 2.75) is 20.8 Å². The van der Waals surface area contributed by atoms with Gasteiger partial charge in [-0.05, 0) is 18.4 Å². The van der Waals surface area contributed by atoms with Crippen LogP contribution in [0.4, 0.5) is 5.69 Å². The summed E-state index contributed by atoms with van der Waals surface area (Å²) in [4.78, 5) is 25.4. The molecule has 2 N–H and O–H groups in total. The SMILES string of the molecule is Cc1c(C(=O)N/N=C\C(C)C)[nH]c2c([N+](=O)[O-])cccc12. The molecule has 0 saturated carbocycles. The van der Waals surface area contributed by atoms with Gasteiger partial charge in [0, 0.05) is 17.7 Å². The summed E-state index contributed by atoms with van der Waals surface area (Å²) in [6.45, 7) is 5.62. The normalized spacial score (nSPS) is 11.4. The number of nitro groups is 1. The van der Waals surface area contributed by atoms with Crippen molar-refractivity contribution >= 4 is 28.7 Å². The molecule has 1 heterocycles. The Morgan fingerprint density at radius 3 is 2.81 bits per heavy atom. The molecule has 7 heteroatoms. The van der Waals surface area contributed by atoms with Crippen LogP contribution in [0.25, 0.3) is 10.9 Å². The fraction of sp³-hybridized carbons (Fsp3) is 0.286. The molecule has 0 atom stereocenters. The predicted molar refractivity (Wildman–Crippen MR) is 80.5 cm³/mol. The van der Waals surface area contributed by atoms with Gasteiger partial charge in [0.2, 0.25) is 0 Å². The van der Waals surface area contributed by atoms with Crippen LogP contribution >= 0.6 is 0 Å². The summed E-state index contributed by atoms with van der Waals surface area (Å²) in [5, 5.41) is 15.5. The Morgan fingerprint density at radius 1 is 1.48 bits per heavy atom. The van der Waals surface area contributed by atoms with Gasteiger partial charge in [-0.2, -0.15) is 5.10 Å². The van der Waals surface area contributed by atoms with Crippen LogP contribution in [-0.4, -0.2) is 22.0 Å². The maximum atomic E-state index is 12.1. The summed E-state index contributed by atoms with van der Waals surface area (Å²) < 4.78 is 0. The molecule has 7 nitrogen and oxygen atoms in total. The first-order chi connectivity index (χ1) is 9.91. The monoisotopic (exact) mass is 288 g/mol. The quantitative estimate of drug-likeness (QED) is 0.514. The molecule has 0 radical (unpaired) electrons. The Bertz CT molecular complexity index is 731. The Hall–Kier alpha value is -2.70. The van der Waals surface area contributed by atoms with E-state index >= 15 is 0 Å². The number of fused-ring (bicyclic) bond motifs is 1. The number of H-pyrrole nitrogens is 1. The molecule has 1 aromatic heterocycles. The van der Waals surface area contributed by atoms with Gasteiger partial charge in [0.05, 0.1) is 4.92 Å². The molecule has 0 bridgehead atoms. The van der Waals surface area contributed by atoms with Gasteiger partial charge in [-0.1, -0.05) is 26.0 Å². The van der Waals surface area contributed by atoms with E-state index in [1.54, 1.807) is 25.3 Å². The number of aromatic amines is 1. The van der Waals surface area contributed by atoms with Gasteiger partial charge in [0.25, 0.3) is 11.6 Å².